The van der Waals surface area contributed by atoms with Crippen molar-refractivity contribution in [1.29, 1.82) is 0 Å². The number of rotatable bonds is 2. The van der Waals surface area contributed by atoms with Crippen LogP contribution in [-0.2, 0) is 0 Å². The molecule has 0 amide bonds. The molecular weight excluding hydrogens is 140 g/mol. The molecule has 0 spiro atoms. The largest absolute Gasteiger partial charge is 0.393 e. The highest BCUT2D eigenvalue weighted by Crippen LogP contribution is 2.09. The van der Waals surface area contributed by atoms with Crippen LogP contribution in [0.15, 0.2) is 0 Å². The lowest BCUT2D eigenvalue weighted by Gasteiger charge is -2.30. The molecule has 3 N–H and O–H groups in total. The van der Waals surface area contributed by atoms with Crippen molar-refractivity contribution in [2.45, 2.75) is 31.9 Å². The zero-order chi connectivity index (χ0) is 8.27. The van der Waals surface area contributed by atoms with Crippen molar-refractivity contribution in [2.24, 2.45) is 5.73 Å². The fraction of sp³-hybridized carbons (Fsp3) is 1.00. The Morgan fingerprint density at radius 3 is 2.55 bits per heavy atom. The standard InChI is InChI=1S/C8H18N2O/c1-7(9)6-10-4-2-8(11)3-5-10/h7-8,11H,2-6,9H2,1H3. The number of aliphatic hydroxyl groups is 1. The van der Waals surface area contributed by atoms with Crippen LogP contribution in [0.4, 0.5) is 0 Å². The monoisotopic (exact) mass is 158 g/mol. The average molecular weight is 158 g/mol. The second kappa shape index (κ2) is 4.04. The van der Waals surface area contributed by atoms with Crippen LogP contribution in [-0.4, -0.2) is 41.8 Å². The summed E-state index contributed by atoms with van der Waals surface area (Å²) < 4.78 is 0. The minimum Gasteiger partial charge on any atom is -0.393 e. The molecule has 1 unspecified atom stereocenters. The predicted octanol–water partition coefficient (Wildman–Crippen LogP) is -0.210. The minimum atomic E-state index is -0.0701. The lowest BCUT2D eigenvalue weighted by atomic mass is 10.1. The first-order valence-electron chi connectivity index (χ1n) is 4.34. The van der Waals surface area contributed by atoms with E-state index in [0.717, 1.165) is 32.5 Å². The van der Waals surface area contributed by atoms with E-state index in [4.69, 9.17) is 5.73 Å². The normalized spacial score (nSPS) is 25.4. The smallest absolute Gasteiger partial charge is 0.0564 e. The number of likely N-dealkylation sites (tertiary alicyclic amines) is 1. The second-order valence-electron chi connectivity index (χ2n) is 3.51. The van der Waals surface area contributed by atoms with E-state index in [1.807, 2.05) is 6.92 Å². The highest BCUT2D eigenvalue weighted by atomic mass is 16.3. The summed E-state index contributed by atoms with van der Waals surface area (Å²) >= 11 is 0. The van der Waals surface area contributed by atoms with Crippen molar-refractivity contribution in [3.63, 3.8) is 0 Å². The molecule has 1 atom stereocenters. The van der Waals surface area contributed by atoms with E-state index in [2.05, 4.69) is 4.90 Å². The summed E-state index contributed by atoms with van der Waals surface area (Å²) in [6.07, 6.45) is 1.75. The molecule has 1 rings (SSSR count). The van der Waals surface area contributed by atoms with Gasteiger partial charge >= 0.3 is 0 Å². The molecule has 1 fully saturated rings. The molecule has 0 aromatic carbocycles. The van der Waals surface area contributed by atoms with Gasteiger partial charge in [0.15, 0.2) is 0 Å². The maximum atomic E-state index is 9.20. The summed E-state index contributed by atoms with van der Waals surface area (Å²) in [5.74, 6) is 0. The van der Waals surface area contributed by atoms with Gasteiger partial charge in [0.25, 0.3) is 0 Å². The lowest BCUT2D eigenvalue weighted by Crippen LogP contribution is -2.41. The molecule has 0 saturated carbocycles. The van der Waals surface area contributed by atoms with E-state index in [0.29, 0.717) is 0 Å². The van der Waals surface area contributed by atoms with Crippen LogP contribution in [0, 0.1) is 0 Å². The zero-order valence-electron chi connectivity index (χ0n) is 7.16. The SMILES string of the molecule is CC(N)CN1CCC(O)CC1. The number of nitrogens with zero attached hydrogens (tertiary/aromatic N) is 1. The molecule has 0 aliphatic carbocycles. The first-order valence-corrected chi connectivity index (χ1v) is 4.34. The summed E-state index contributed by atoms with van der Waals surface area (Å²) in [7, 11) is 0. The number of hydrogen-bond donors (Lipinski definition) is 2. The number of hydrogen-bond acceptors (Lipinski definition) is 3. The first kappa shape index (κ1) is 8.97. The topological polar surface area (TPSA) is 49.5 Å². The zero-order valence-corrected chi connectivity index (χ0v) is 7.16. The fourth-order valence-corrected chi connectivity index (χ4v) is 1.51. The quantitative estimate of drug-likeness (QED) is 0.584. The lowest BCUT2D eigenvalue weighted by molar-refractivity contribution is 0.0806. The van der Waals surface area contributed by atoms with Crippen LogP contribution >= 0.6 is 0 Å². The Balaban J connectivity index is 2.17. The third-order valence-electron chi connectivity index (χ3n) is 2.10. The van der Waals surface area contributed by atoms with Crippen molar-refractivity contribution in [3.05, 3.63) is 0 Å². The van der Waals surface area contributed by atoms with Crippen LogP contribution in [0.2, 0.25) is 0 Å². The van der Waals surface area contributed by atoms with Crippen molar-refractivity contribution in [3.8, 4) is 0 Å². The molecular formula is C8H18N2O. The molecule has 1 saturated heterocycles. The van der Waals surface area contributed by atoms with Crippen molar-refractivity contribution in [1.82, 2.24) is 4.90 Å². The minimum absolute atomic E-state index is 0.0701. The molecule has 0 radical (unpaired) electrons. The van der Waals surface area contributed by atoms with Gasteiger partial charge in [0.1, 0.15) is 0 Å². The maximum Gasteiger partial charge on any atom is 0.0564 e. The van der Waals surface area contributed by atoms with Gasteiger partial charge in [-0.2, -0.15) is 0 Å². The molecule has 66 valence electrons. The molecule has 1 heterocycles. The number of piperidine rings is 1. The maximum absolute atomic E-state index is 9.20. The van der Waals surface area contributed by atoms with Crippen LogP contribution in [0.5, 0.6) is 0 Å². The van der Waals surface area contributed by atoms with Gasteiger partial charge in [0, 0.05) is 25.7 Å². The number of aliphatic hydroxyl groups excluding tert-OH is 1. The van der Waals surface area contributed by atoms with E-state index in [1.165, 1.54) is 0 Å². The van der Waals surface area contributed by atoms with Crippen LogP contribution in [0.3, 0.4) is 0 Å². The molecule has 3 heteroatoms. The van der Waals surface area contributed by atoms with Crippen LogP contribution in [0.25, 0.3) is 0 Å². The molecule has 1 aliphatic heterocycles. The Labute approximate surface area is 68.2 Å². The third kappa shape index (κ3) is 3.18. The Morgan fingerprint density at radius 1 is 1.55 bits per heavy atom. The van der Waals surface area contributed by atoms with Gasteiger partial charge < -0.3 is 15.7 Å². The number of nitrogens with two attached hydrogens (primary N) is 1. The van der Waals surface area contributed by atoms with Gasteiger partial charge in [-0.3, -0.25) is 0 Å². The van der Waals surface area contributed by atoms with E-state index < -0.39 is 0 Å². The van der Waals surface area contributed by atoms with E-state index in [-0.39, 0.29) is 12.1 Å². The van der Waals surface area contributed by atoms with Gasteiger partial charge in [0.05, 0.1) is 6.10 Å². The average Bonchev–Trinajstić information content (AvgIpc) is 1.93. The van der Waals surface area contributed by atoms with Gasteiger partial charge in [-0.05, 0) is 19.8 Å². The fourth-order valence-electron chi connectivity index (χ4n) is 1.51. The van der Waals surface area contributed by atoms with Crippen LogP contribution in [0.1, 0.15) is 19.8 Å². The van der Waals surface area contributed by atoms with Crippen molar-refractivity contribution in [2.75, 3.05) is 19.6 Å². The van der Waals surface area contributed by atoms with E-state index in [9.17, 15) is 5.11 Å². The van der Waals surface area contributed by atoms with Gasteiger partial charge in [0.2, 0.25) is 0 Å². The molecule has 0 aromatic rings. The highest BCUT2D eigenvalue weighted by Gasteiger charge is 2.16. The van der Waals surface area contributed by atoms with Crippen molar-refractivity contribution < 1.29 is 5.11 Å². The molecule has 3 nitrogen and oxygen atoms in total. The van der Waals surface area contributed by atoms with Crippen LogP contribution < -0.4 is 5.73 Å². The summed E-state index contributed by atoms with van der Waals surface area (Å²) in [6, 6.07) is 0.255. The molecule has 0 aromatic heterocycles. The summed E-state index contributed by atoms with van der Waals surface area (Å²) in [4.78, 5) is 2.32. The third-order valence-corrected chi connectivity index (χ3v) is 2.10. The van der Waals surface area contributed by atoms with Gasteiger partial charge in [-0.15, -0.1) is 0 Å². The van der Waals surface area contributed by atoms with Gasteiger partial charge in [-0.25, -0.2) is 0 Å². The summed E-state index contributed by atoms with van der Waals surface area (Å²) in [5.41, 5.74) is 5.65. The summed E-state index contributed by atoms with van der Waals surface area (Å²) in [6.45, 7) is 4.99. The van der Waals surface area contributed by atoms with E-state index >= 15 is 0 Å². The Kier molecular flexibility index (Phi) is 3.30. The predicted molar refractivity (Wildman–Crippen MR) is 45.3 cm³/mol. The Bertz CT molecular complexity index is 109. The second-order valence-corrected chi connectivity index (χ2v) is 3.51. The molecule has 0 bridgehead atoms. The molecule has 11 heavy (non-hydrogen) atoms. The summed E-state index contributed by atoms with van der Waals surface area (Å²) in [5, 5.41) is 9.20. The van der Waals surface area contributed by atoms with Gasteiger partial charge in [-0.1, -0.05) is 0 Å². The van der Waals surface area contributed by atoms with Crippen molar-refractivity contribution >= 4 is 0 Å². The molecule has 1 aliphatic rings. The Hall–Kier alpha value is -0.120. The first-order chi connectivity index (χ1) is 5.18. The van der Waals surface area contributed by atoms with E-state index in [1.54, 1.807) is 0 Å². The highest BCUT2D eigenvalue weighted by molar-refractivity contribution is 4.73. The Morgan fingerprint density at radius 2 is 2.09 bits per heavy atom.